The highest BCUT2D eigenvalue weighted by atomic mass is 32.2. The first-order valence-corrected chi connectivity index (χ1v) is 10.8. The Balaban J connectivity index is 1.59. The van der Waals surface area contributed by atoms with Gasteiger partial charge in [0.2, 0.25) is 11.1 Å². The van der Waals surface area contributed by atoms with Crippen molar-refractivity contribution < 1.29 is 4.79 Å². The number of rotatable bonds is 7. The van der Waals surface area contributed by atoms with E-state index < -0.39 is 0 Å². The van der Waals surface area contributed by atoms with Gasteiger partial charge < -0.3 is 5.32 Å². The third-order valence-corrected chi connectivity index (χ3v) is 6.22. The molecule has 0 bridgehead atoms. The first-order chi connectivity index (χ1) is 13.0. The second-order valence-electron chi connectivity index (χ2n) is 7.63. The van der Waals surface area contributed by atoms with E-state index in [0.717, 1.165) is 12.2 Å². The summed E-state index contributed by atoms with van der Waals surface area (Å²) in [5.41, 5.74) is 2.18. The van der Waals surface area contributed by atoms with Gasteiger partial charge in [-0.2, -0.15) is 4.68 Å². The standard InChI is InChI=1S/C20H29N5OS/c1-14(2)17-9-11-18(12-10-17)25-20(22-23-24-25)27-15(3)19(26)21-13-16-7-5-4-6-8-16/h9-12,14-16H,4-8,13H2,1-3H3,(H,21,26)/t15-/m0/s1. The Morgan fingerprint density at radius 2 is 1.89 bits per heavy atom. The minimum atomic E-state index is -0.242. The lowest BCUT2D eigenvalue weighted by molar-refractivity contribution is -0.120. The molecule has 0 unspecified atom stereocenters. The topological polar surface area (TPSA) is 72.7 Å². The van der Waals surface area contributed by atoms with E-state index in [9.17, 15) is 4.79 Å². The molecule has 0 aliphatic heterocycles. The Morgan fingerprint density at radius 3 is 2.56 bits per heavy atom. The third-order valence-electron chi connectivity index (χ3n) is 5.19. The number of hydrogen-bond acceptors (Lipinski definition) is 5. The summed E-state index contributed by atoms with van der Waals surface area (Å²) in [6.45, 7) is 7.02. The molecular weight excluding hydrogens is 358 g/mol. The number of amides is 1. The zero-order valence-electron chi connectivity index (χ0n) is 16.4. The van der Waals surface area contributed by atoms with Crippen LogP contribution in [0.1, 0.15) is 64.4 Å². The summed E-state index contributed by atoms with van der Waals surface area (Å²) in [7, 11) is 0. The van der Waals surface area contributed by atoms with Crippen LogP contribution in [-0.4, -0.2) is 37.9 Å². The van der Waals surface area contributed by atoms with Crippen molar-refractivity contribution in [2.75, 3.05) is 6.54 Å². The van der Waals surface area contributed by atoms with Crippen molar-refractivity contribution in [3.8, 4) is 5.69 Å². The number of nitrogens with zero attached hydrogens (tertiary/aromatic N) is 4. The Bertz CT molecular complexity index is 737. The van der Waals surface area contributed by atoms with Crippen molar-refractivity contribution >= 4 is 17.7 Å². The highest BCUT2D eigenvalue weighted by Gasteiger charge is 2.21. The third kappa shape index (κ3) is 5.31. The summed E-state index contributed by atoms with van der Waals surface area (Å²) in [5, 5.41) is 15.5. The molecule has 6 nitrogen and oxygen atoms in total. The first kappa shape index (κ1) is 19.9. The normalized spacial score (nSPS) is 16.4. The van der Waals surface area contributed by atoms with Crippen molar-refractivity contribution in [3.63, 3.8) is 0 Å². The fraction of sp³-hybridized carbons (Fsp3) is 0.600. The quantitative estimate of drug-likeness (QED) is 0.728. The van der Waals surface area contributed by atoms with Crippen molar-refractivity contribution in [2.24, 2.45) is 5.92 Å². The lowest BCUT2D eigenvalue weighted by atomic mass is 9.89. The molecular formula is C20H29N5OS. The molecule has 0 radical (unpaired) electrons. The Kier molecular flexibility index (Phi) is 6.88. The highest BCUT2D eigenvalue weighted by molar-refractivity contribution is 8.00. The SMILES string of the molecule is CC(C)c1ccc(-n2nnnc2S[C@@H](C)C(=O)NCC2CCCCC2)cc1. The predicted octanol–water partition coefficient (Wildman–Crippen LogP) is 3.96. The van der Waals surface area contributed by atoms with E-state index in [1.807, 2.05) is 19.1 Å². The van der Waals surface area contributed by atoms with Crippen LogP contribution in [0.4, 0.5) is 0 Å². The number of aromatic nitrogens is 4. The molecule has 1 N–H and O–H groups in total. The van der Waals surface area contributed by atoms with Crippen LogP contribution in [-0.2, 0) is 4.79 Å². The second kappa shape index (κ2) is 9.35. The number of benzene rings is 1. The van der Waals surface area contributed by atoms with Gasteiger partial charge in [-0.05, 0) is 59.7 Å². The lowest BCUT2D eigenvalue weighted by Gasteiger charge is -2.22. The van der Waals surface area contributed by atoms with Gasteiger partial charge in [-0.15, -0.1) is 5.10 Å². The van der Waals surface area contributed by atoms with Crippen LogP contribution in [0.25, 0.3) is 5.69 Å². The van der Waals surface area contributed by atoms with Crippen LogP contribution in [0.3, 0.4) is 0 Å². The summed E-state index contributed by atoms with van der Waals surface area (Å²) in [6, 6.07) is 8.22. The molecule has 1 saturated carbocycles. The van der Waals surface area contributed by atoms with Crippen LogP contribution in [0.15, 0.2) is 29.4 Å². The molecule has 1 amide bonds. The molecule has 2 aromatic rings. The summed E-state index contributed by atoms with van der Waals surface area (Å²) >= 11 is 1.39. The average molecular weight is 388 g/mol. The summed E-state index contributed by atoms with van der Waals surface area (Å²) in [6.07, 6.45) is 6.36. The van der Waals surface area contributed by atoms with Crippen molar-refractivity contribution in [1.82, 2.24) is 25.5 Å². The largest absolute Gasteiger partial charge is 0.355 e. The Hall–Kier alpha value is -1.89. The summed E-state index contributed by atoms with van der Waals surface area (Å²) < 4.78 is 1.69. The number of hydrogen-bond donors (Lipinski definition) is 1. The van der Waals surface area contributed by atoms with Gasteiger partial charge in [-0.3, -0.25) is 4.79 Å². The fourth-order valence-electron chi connectivity index (χ4n) is 3.41. The van der Waals surface area contributed by atoms with Gasteiger partial charge in [-0.25, -0.2) is 0 Å². The van der Waals surface area contributed by atoms with Gasteiger partial charge in [0.1, 0.15) is 0 Å². The van der Waals surface area contributed by atoms with E-state index in [4.69, 9.17) is 0 Å². The number of thioether (sulfide) groups is 1. The van der Waals surface area contributed by atoms with Gasteiger partial charge in [0, 0.05) is 6.54 Å². The Morgan fingerprint density at radius 1 is 1.19 bits per heavy atom. The zero-order valence-corrected chi connectivity index (χ0v) is 17.2. The van der Waals surface area contributed by atoms with Gasteiger partial charge in [0.25, 0.3) is 0 Å². The molecule has 1 aromatic heterocycles. The zero-order chi connectivity index (χ0) is 19.2. The monoisotopic (exact) mass is 387 g/mol. The lowest BCUT2D eigenvalue weighted by Crippen LogP contribution is -2.35. The predicted molar refractivity (Wildman–Crippen MR) is 108 cm³/mol. The molecule has 1 atom stereocenters. The van der Waals surface area contributed by atoms with E-state index in [2.05, 4.69) is 46.8 Å². The smallest absolute Gasteiger partial charge is 0.233 e. The van der Waals surface area contributed by atoms with E-state index >= 15 is 0 Å². The summed E-state index contributed by atoms with van der Waals surface area (Å²) in [4.78, 5) is 12.5. The van der Waals surface area contributed by atoms with Crippen LogP contribution >= 0.6 is 11.8 Å². The fourth-order valence-corrected chi connectivity index (χ4v) is 4.24. The van der Waals surface area contributed by atoms with Crippen molar-refractivity contribution in [2.45, 2.75) is 69.2 Å². The van der Waals surface area contributed by atoms with Gasteiger partial charge in [0.05, 0.1) is 10.9 Å². The second-order valence-corrected chi connectivity index (χ2v) is 8.94. The van der Waals surface area contributed by atoms with E-state index in [1.165, 1.54) is 49.4 Å². The summed E-state index contributed by atoms with van der Waals surface area (Å²) in [5.74, 6) is 1.16. The van der Waals surface area contributed by atoms with Crippen molar-refractivity contribution in [3.05, 3.63) is 29.8 Å². The van der Waals surface area contributed by atoms with Crippen LogP contribution < -0.4 is 5.32 Å². The maximum atomic E-state index is 12.5. The van der Waals surface area contributed by atoms with E-state index in [1.54, 1.807) is 4.68 Å². The van der Waals surface area contributed by atoms with Crippen LogP contribution in [0.5, 0.6) is 0 Å². The minimum absolute atomic E-state index is 0.0512. The number of carbonyl (C=O) groups excluding carboxylic acids is 1. The molecule has 1 heterocycles. The Labute approximate surface area is 165 Å². The molecule has 3 rings (SSSR count). The number of nitrogens with one attached hydrogen (secondary N) is 1. The number of tetrazole rings is 1. The minimum Gasteiger partial charge on any atom is -0.355 e. The highest BCUT2D eigenvalue weighted by Crippen LogP contribution is 2.25. The maximum absolute atomic E-state index is 12.5. The van der Waals surface area contributed by atoms with E-state index in [0.29, 0.717) is 17.0 Å². The molecule has 7 heteroatoms. The maximum Gasteiger partial charge on any atom is 0.233 e. The molecule has 0 spiro atoms. The molecule has 27 heavy (non-hydrogen) atoms. The van der Waals surface area contributed by atoms with Gasteiger partial charge in [0.15, 0.2) is 0 Å². The molecule has 0 saturated heterocycles. The van der Waals surface area contributed by atoms with Gasteiger partial charge >= 0.3 is 0 Å². The average Bonchev–Trinajstić information content (AvgIpc) is 3.15. The van der Waals surface area contributed by atoms with Crippen LogP contribution in [0, 0.1) is 5.92 Å². The molecule has 1 aliphatic rings. The van der Waals surface area contributed by atoms with Crippen LogP contribution in [0.2, 0.25) is 0 Å². The number of carbonyl (C=O) groups is 1. The van der Waals surface area contributed by atoms with E-state index in [-0.39, 0.29) is 11.2 Å². The molecule has 146 valence electrons. The molecule has 1 aromatic carbocycles. The molecule has 1 aliphatic carbocycles. The molecule has 1 fully saturated rings. The van der Waals surface area contributed by atoms with Gasteiger partial charge in [-0.1, -0.05) is 57.0 Å². The first-order valence-electron chi connectivity index (χ1n) is 9.87. The van der Waals surface area contributed by atoms with Crippen molar-refractivity contribution in [1.29, 1.82) is 0 Å².